The van der Waals surface area contributed by atoms with Gasteiger partial charge in [-0.3, -0.25) is 0 Å². The zero-order valence-corrected chi connectivity index (χ0v) is 11.8. The molecule has 2 rings (SSSR count). The second kappa shape index (κ2) is 5.62. The third-order valence-corrected chi connectivity index (χ3v) is 3.29. The molecule has 0 fully saturated rings. The van der Waals surface area contributed by atoms with Gasteiger partial charge in [0.25, 0.3) is 0 Å². The molecule has 0 aliphatic carbocycles. The van der Waals surface area contributed by atoms with Gasteiger partial charge in [-0.05, 0) is 35.6 Å². The summed E-state index contributed by atoms with van der Waals surface area (Å²) in [6, 6.07) is 10.7. The molecule has 2 aromatic rings. The zero-order valence-electron chi connectivity index (χ0n) is 11.1. The molecule has 0 aliphatic heterocycles. The molecule has 100 valence electrons. The van der Waals surface area contributed by atoms with Crippen molar-refractivity contribution in [1.82, 2.24) is 0 Å². The fourth-order valence-corrected chi connectivity index (χ4v) is 2.37. The van der Waals surface area contributed by atoms with Crippen LogP contribution < -0.4 is 5.73 Å². The van der Waals surface area contributed by atoms with Crippen LogP contribution in [0.25, 0.3) is 11.1 Å². The van der Waals surface area contributed by atoms with E-state index in [-0.39, 0.29) is 10.8 Å². The number of benzene rings is 2. The Morgan fingerprint density at radius 2 is 1.95 bits per heavy atom. The fourth-order valence-electron chi connectivity index (χ4n) is 2.16. The predicted molar refractivity (Wildman–Crippen MR) is 79.8 cm³/mol. The monoisotopic (exact) mass is 277 g/mol. The third kappa shape index (κ3) is 3.27. The Bertz CT molecular complexity index is 593. The van der Waals surface area contributed by atoms with Crippen LogP contribution in [0.1, 0.15) is 19.4 Å². The van der Waals surface area contributed by atoms with Crippen molar-refractivity contribution in [3.05, 3.63) is 52.8 Å². The normalized spacial score (nSPS) is 11.0. The lowest BCUT2D eigenvalue weighted by atomic mass is 9.97. The minimum atomic E-state index is -0.372. The summed E-state index contributed by atoms with van der Waals surface area (Å²) in [4.78, 5) is 0. The van der Waals surface area contributed by atoms with Gasteiger partial charge in [0, 0.05) is 5.56 Å². The lowest BCUT2D eigenvalue weighted by molar-refractivity contribution is 0.628. The van der Waals surface area contributed by atoms with Crippen molar-refractivity contribution in [2.24, 2.45) is 5.92 Å². The number of hydrogen-bond acceptors (Lipinski definition) is 1. The Balaban J connectivity index is 2.47. The lowest BCUT2D eigenvalue weighted by Gasteiger charge is -2.11. The van der Waals surface area contributed by atoms with E-state index in [4.69, 9.17) is 17.3 Å². The summed E-state index contributed by atoms with van der Waals surface area (Å²) >= 11 is 5.93. The van der Waals surface area contributed by atoms with Crippen LogP contribution in [-0.2, 0) is 6.42 Å². The van der Waals surface area contributed by atoms with E-state index in [1.165, 1.54) is 17.7 Å². The van der Waals surface area contributed by atoms with E-state index in [2.05, 4.69) is 19.9 Å². The van der Waals surface area contributed by atoms with Crippen molar-refractivity contribution in [2.75, 3.05) is 5.73 Å². The van der Waals surface area contributed by atoms with Crippen LogP contribution in [-0.4, -0.2) is 0 Å². The van der Waals surface area contributed by atoms with Gasteiger partial charge >= 0.3 is 0 Å². The van der Waals surface area contributed by atoms with E-state index < -0.39 is 0 Å². The Labute approximate surface area is 118 Å². The molecule has 0 unspecified atom stereocenters. The molecular weight excluding hydrogens is 261 g/mol. The molecule has 2 aromatic carbocycles. The van der Waals surface area contributed by atoms with Crippen molar-refractivity contribution in [3.63, 3.8) is 0 Å². The van der Waals surface area contributed by atoms with E-state index in [0.29, 0.717) is 17.2 Å². The molecule has 0 radical (unpaired) electrons. The van der Waals surface area contributed by atoms with Gasteiger partial charge in [0.1, 0.15) is 5.82 Å². The average molecular weight is 278 g/mol. The second-order valence-corrected chi connectivity index (χ2v) is 5.55. The molecule has 0 saturated carbocycles. The highest BCUT2D eigenvalue weighted by Crippen LogP contribution is 2.33. The van der Waals surface area contributed by atoms with Gasteiger partial charge in [0.05, 0.1) is 10.7 Å². The summed E-state index contributed by atoms with van der Waals surface area (Å²) in [6.45, 7) is 4.33. The highest BCUT2D eigenvalue weighted by molar-refractivity contribution is 6.33. The SMILES string of the molecule is CC(C)Cc1cccc(-c2cc(F)cc(Cl)c2N)c1. The van der Waals surface area contributed by atoms with Gasteiger partial charge in [0.15, 0.2) is 0 Å². The maximum Gasteiger partial charge on any atom is 0.125 e. The molecule has 0 aliphatic rings. The standard InChI is InChI=1S/C16H17ClFN/c1-10(2)6-11-4-3-5-12(7-11)14-8-13(18)9-15(17)16(14)19/h3-5,7-10H,6,19H2,1-2H3. The summed E-state index contributed by atoms with van der Waals surface area (Å²) in [7, 11) is 0. The molecule has 0 aromatic heterocycles. The first kappa shape index (κ1) is 13.9. The van der Waals surface area contributed by atoms with Gasteiger partial charge in [-0.2, -0.15) is 0 Å². The number of halogens is 2. The molecule has 0 heterocycles. The highest BCUT2D eigenvalue weighted by atomic mass is 35.5. The second-order valence-electron chi connectivity index (χ2n) is 5.15. The predicted octanol–water partition coefficient (Wildman–Crippen LogP) is 4.93. The van der Waals surface area contributed by atoms with Crippen LogP contribution in [0.4, 0.5) is 10.1 Å². The van der Waals surface area contributed by atoms with Crippen molar-refractivity contribution >= 4 is 17.3 Å². The first-order chi connectivity index (χ1) is 8.97. The smallest absolute Gasteiger partial charge is 0.125 e. The summed E-state index contributed by atoms with van der Waals surface area (Å²) in [5.74, 6) is 0.201. The Morgan fingerprint density at radius 3 is 2.63 bits per heavy atom. The molecule has 19 heavy (non-hydrogen) atoms. The first-order valence-corrected chi connectivity index (χ1v) is 6.69. The molecule has 0 saturated heterocycles. The number of nitrogens with two attached hydrogens (primary N) is 1. The van der Waals surface area contributed by atoms with Crippen LogP contribution in [0.2, 0.25) is 5.02 Å². The summed E-state index contributed by atoms with van der Waals surface area (Å²) in [5.41, 5.74) is 9.12. The highest BCUT2D eigenvalue weighted by Gasteiger charge is 2.09. The maximum atomic E-state index is 13.5. The molecule has 1 nitrogen and oxygen atoms in total. The fraction of sp³-hybridized carbons (Fsp3) is 0.250. The molecule has 0 amide bonds. The lowest BCUT2D eigenvalue weighted by Crippen LogP contribution is -1.96. The van der Waals surface area contributed by atoms with Crippen molar-refractivity contribution in [2.45, 2.75) is 20.3 Å². The molecule has 0 atom stereocenters. The van der Waals surface area contributed by atoms with Crippen LogP contribution >= 0.6 is 11.6 Å². The maximum absolute atomic E-state index is 13.5. The van der Waals surface area contributed by atoms with Crippen LogP contribution in [0.3, 0.4) is 0 Å². The van der Waals surface area contributed by atoms with E-state index in [1.807, 2.05) is 18.2 Å². The van der Waals surface area contributed by atoms with Crippen molar-refractivity contribution < 1.29 is 4.39 Å². The average Bonchev–Trinajstić information content (AvgIpc) is 2.33. The van der Waals surface area contributed by atoms with Gasteiger partial charge in [-0.1, -0.05) is 49.7 Å². The Morgan fingerprint density at radius 1 is 1.21 bits per heavy atom. The van der Waals surface area contributed by atoms with Crippen molar-refractivity contribution in [1.29, 1.82) is 0 Å². The van der Waals surface area contributed by atoms with Crippen molar-refractivity contribution in [3.8, 4) is 11.1 Å². The minimum absolute atomic E-state index is 0.254. The zero-order chi connectivity index (χ0) is 14.0. The first-order valence-electron chi connectivity index (χ1n) is 6.31. The van der Waals surface area contributed by atoms with Gasteiger partial charge in [-0.15, -0.1) is 0 Å². The largest absolute Gasteiger partial charge is 0.397 e. The number of anilines is 1. The van der Waals surface area contributed by atoms with E-state index in [0.717, 1.165) is 12.0 Å². The summed E-state index contributed by atoms with van der Waals surface area (Å²) in [5, 5.41) is 0.254. The third-order valence-electron chi connectivity index (χ3n) is 2.98. The molecule has 0 bridgehead atoms. The summed E-state index contributed by atoms with van der Waals surface area (Å²) < 4.78 is 13.5. The van der Waals surface area contributed by atoms with Crippen LogP contribution in [0.15, 0.2) is 36.4 Å². The molecular formula is C16H17ClFN. The Hall–Kier alpha value is -1.54. The molecule has 2 N–H and O–H groups in total. The van der Waals surface area contributed by atoms with Crippen LogP contribution in [0, 0.1) is 11.7 Å². The number of nitrogen functional groups attached to an aromatic ring is 1. The molecule has 0 spiro atoms. The quantitative estimate of drug-likeness (QED) is 0.791. The topological polar surface area (TPSA) is 26.0 Å². The van der Waals surface area contributed by atoms with Gasteiger partial charge in [0.2, 0.25) is 0 Å². The van der Waals surface area contributed by atoms with Crippen LogP contribution in [0.5, 0.6) is 0 Å². The van der Waals surface area contributed by atoms with E-state index in [1.54, 1.807) is 0 Å². The summed E-state index contributed by atoms with van der Waals surface area (Å²) in [6.07, 6.45) is 0.983. The van der Waals surface area contributed by atoms with Gasteiger partial charge in [-0.25, -0.2) is 4.39 Å². The number of hydrogen-bond donors (Lipinski definition) is 1. The number of rotatable bonds is 3. The van der Waals surface area contributed by atoms with Gasteiger partial charge < -0.3 is 5.73 Å². The van der Waals surface area contributed by atoms with E-state index >= 15 is 0 Å². The van der Waals surface area contributed by atoms with E-state index in [9.17, 15) is 4.39 Å². The minimum Gasteiger partial charge on any atom is -0.397 e. The molecule has 3 heteroatoms. The Kier molecular flexibility index (Phi) is 4.11.